The van der Waals surface area contributed by atoms with E-state index in [-0.39, 0.29) is 25.0 Å². The van der Waals surface area contributed by atoms with Crippen LogP contribution in [0.3, 0.4) is 0 Å². The third-order valence-electron chi connectivity index (χ3n) is 2.24. The van der Waals surface area contributed by atoms with E-state index < -0.39 is 5.66 Å². The topological polar surface area (TPSA) is 58.6 Å². The molecule has 0 bridgehead atoms. The highest BCUT2D eigenvalue weighted by atomic mass is 16.5. The van der Waals surface area contributed by atoms with Gasteiger partial charge in [0.15, 0.2) is 0 Å². The van der Waals surface area contributed by atoms with Gasteiger partial charge in [-0.15, -0.1) is 0 Å². The van der Waals surface area contributed by atoms with E-state index in [0.717, 1.165) is 0 Å². The number of esters is 1. The van der Waals surface area contributed by atoms with E-state index in [9.17, 15) is 9.59 Å². The van der Waals surface area contributed by atoms with Crippen LogP contribution >= 0.6 is 0 Å². The molecule has 1 N–H and O–H groups in total. The second-order valence-electron chi connectivity index (χ2n) is 3.70. The van der Waals surface area contributed by atoms with Crippen molar-refractivity contribution in [1.29, 1.82) is 0 Å². The second-order valence-corrected chi connectivity index (χ2v) is 3.70. The van der Waals surface area contributed by atoms with Crippen molar-refractivity contribution in [3.63, 3.8) is 0 Å². The molecule has 80 valence electrons. The summed E-state index contributed by atoms with van der Waals surface area (Å²) < 4.78 is 4.78. The molecule has 0 aromatic carbocycles. The molecule has 5 heteroatoms. The molecule has 0 aromatic heterocycles. The Morgan fingerprint density at radius 3 is 2.71 bits per heavy atom. The molecule has 0 spiro atoms. The Morgan fingerprint density at radius 1 is 1.64 bits per heavy atom. The van der Waals surface area contributed by atoms with E-state index in [4.69, 9.17) is 4.74 Å². The molecule has 1 rings (SSSR count). The van der Waals surface area contributed by atoms with Crippen LogP contribution in [-0.2, 0) is 14.3 Å². The lowest BCUT2D eigenvalue weighted by Gasteiger charge is -2.30. The number of hydrogen-bond acceptors (Lipinski definition) is 4. The number of hydrogen-bond donors (Lipinski definition) is 1. The van der Waals surface area contributed by atoms with Crippen molar-refractivity contribution < 1.29 is 14.3 Å². The monoisotopic (exact) mass is 200 g/mol. The molecule has 1 aliphatic heterocycles. The molecule has 14 heavy (non-hydrogen) atoms. The first-order chi connectivity index (χ1) is 6.47. The van der Waals surface area contributed by atoms with Gasteiger partial charge >= 0.3 is 5.97 Å². The summed E-state index contributed by atoms with van der Waals surface area (Å²) in [6, 6.07) is 0. The molecule has 1 aliphatic rings. The predicted molar refractivity (Wildman–Crippen MR) is 50.4 cm³/mol. The van der Waals surface area contributed by atoms with E-state index in [1.165, 1.54) is 4.90 Å². The maximum atomic E-state index is 11.4. The van der Waals surface area contributed by atoms with Crippen molar-refractivity contribution in [1.82, 2.24) is 10.2 Å². The number of nitrogens with one attached hydrogen (secondary N) is 1. The summed E-state index contributed by atoms with van der Waals surface area (Å²) in [6.45, 7) is 6.11. The lowest BCUT2D eigenvalue weighted by Crippen LogP contribution is -2.49. The highest BCUT2D eigenvalue weighted by Crippen LogP contribution is 2.16. The van der Waals surface area contributed by atoms with Crippen LogP contribution in [0.4, 0.5) is 0 Å². The number of rotatable bonds is 3. The molecule has 0 unspecified atom stereocenters. The Balaban J connectivity index is 2.58. The summed E-state index contributed by atoms with van der Waals surface area (Å²) in [6.07, 6.45) is 0. The Kier molecular flexibility index (Phi) is 3.10. The van der Waals surface area contributed by atoms with Gasteiger partial charge < -0.3 is 9.64 Å². The molecular weight excluding hydrogens is 184 g/mol. The molecule has 0 radical (unpaired) electrons. The van der Waals surface area contributed by atoms with Crippen LogP contribution in [0.2, 0.25) is 0 Å². The Morgan fingerprint density at radius 2 is 2.29 bits per heavy atom. The molecule has 1 saturated heterocycles. The van der Waals surface area contributed by atoms with E-state index in [1.807, 2.05) is 13.8 Å². The van der Waals surface area contributed by atoms with Crippen LogP contribution in [-0.4, -0.2) is 42.1 Å². The van der Waals surface area contributed by atoms with Crippen molar-refractivity contribution in [2.75, 3.05) is 19.7 Å². The fraction of sp³-hybridized carbons (Fsp3) is 0.778. The van der Waals surface area contributed by atoms with Gasteiger partial charge in [0.25, 0.3) is 0 Å². The van der Waals surface area contributed by atoms with Gasteiger partial charge in [0.05, 0.1) is 18.8 Å². The van der Waals surface area contributed by atoms with Crippen molar-refractivity contribution >= 4 is 11.9 Å². The zero-order valence-electron chi connectivity index (χ0n) is 8.79. The fourth-order valence-electron chi connectivity index (χ4n) is 1.42. The summed E-state index contributed by atoms with van der Waals surface area (Å²) in [7, 11) is 0. The van der Waals surface area contributed by atoms with Gasteiger partial charge in [-0.1, -0.05) is 0 Å². The molecule has 1 heterocycles. The van der Waals surface area contributed by atoms with E-state index in [0.29, 0.717) is 6.61 Å². The molecule has 5 nitrogen and oxygen atoms in total. The number of amides is 1. The zero-order chi connectivity index (χ0) is 10.8. The Bertz CT molecular complexity index is 250. The summed E-state index contributed by atoms with van der Waals surface area (Å²) in [5.41, 5.74) is -0.455. The van der Waals surface area contributed by atoms with Crippen LogP contribution in [0.25, 0.3) is 0 Å². The van der Waals surface area contributed by atoms with Crippen molar-refractivity contribution in [3.05, 3.63) is 0 Å². The smallest absolute Gasteiger partial charge is 0.325 e. The SMILES string of the molecule is CCOC(=O)CN1C(=O)CNC1(C)C. The third-order valence-corrected chi connectivity index (χ3v) is 2.24. The molecule has 0 saturated carbocycles. The van der Waals surface area contributed by atoms with Crippen LogP contribution in [0.15, 0.2) is 0 Å². The van der Waals surface area contributed by atoms with Crippen LogP contribution in [0, 0.1) is 0 Å². The lowest BCUT2D eigenvalue weighted by atomic mass is 10.2. The minimum absolute atomic E-state index is 0.0205. The van der Waals surface area contributed by atoms with Crippen molar-refractivity contribution in [2.24, 2.45) is 0 Å². The number of carbonyl (C=O) groups excluding carboxylic acids is 2. The highest BCUT2D eigenvalue weighted by Gasteiger charge is 2.38. The first-order valence-corrected chi connectivity index (χ1v) is 4.68. The van der Waals surface area contributed by atoms with Crippen LogP contribution < -0.4 is 5.32 Å². The number of nitrogens with zero attached hydrogens (tertiary/aromatic N) is 1. The first-order valence-electron chi connectivity index (χ1n) is 4.68. The Hall–Kier alpha value is -1.10. The zero-order valence-corrected chi connectivity index (χ0v) is 8.79. The molecule has 1 amide bonds. The minimum Gasteiger partial charge on any atom is -0.465 e. The molecule has 0 aromatic rings. The van der Waals surface area contributed by atoms with E-state index >= 15 is 0 Å². The molecule has 1 fully saturated rings. The summed E-state index contributed by atoms with van der Waals surface area (Å²) in [5, 5.41) is 3.01. The van der Waals surface area contributed by atoms with Crippen LogP contribution in [0.1, 0.15) is 20.8 Å². The van der Waals surface area contributed by atoms with Gasteiger partial charge in [0.1, 0.15) is 6.54 Å². The van der Waals surface area contributed by atoms with Gasteiger partial charge in [-0.2, -0.15) is 0 Å². The predicted octanol–water partition coefficient (Wildman–Crippen LogP) is -0.283. The fourth-order valence-corrected chi connectivity index (χ4v) is 1.42. The van der Waals surface area contributed by atoms with Crippen molar-refractivity contribution in [2.45, 2.75) is 26.4 Å². The summed E-state index contributed by atoms with van der Waals surface area (Å²) in [5.74, 6) is -0.430. The largest absolute Gasteiger partial charge is 0.465 e. The molecule has 0 aliphatic carbocycles. The van der Waals surface area contributed by atoms with Gasteiger partial charge in [0.2, 0.25) is 5.91 Å². The molecular formula is C9H16N2O3. The van der Waals surface area contributed by atoms with Gasteiger partial charge in [-0.05, 0) is 20.8 Å². The maximum absolute atomic E-state index is 11.4. The average Bonchev–Trinajstić information content (AvgIpc) is 2.32. The van der Waals surface area contributed by atoms with Crippen molar-refractivity contribution in [3.8, 4) is 0 Å². The number of ether oxygens (including phenoxy) is 1. The van der Waals surface area contributed by atoms with Gasteiger partial charge in [-0.25, -0.2) is 0 Å². The summed E-state index contributed by atoms with van der Waals surface area (Å²) in [4.78, 5) is 24.1. The van der Waals surface area contributed by atoms with Gasteiger partial charge in [0, 0.05) is 0 Å². The summed E-state index contributed by atoms with van der Waals surface area (Å²) >= 11 is 0. The molecule has 0 atom stereocenters. The van der Waals surface area contributed by atoms with Gasteiger partial charge in [-0.3, -0.25) is 14.9 Å². The minimum atomic E-state index is -0.455. The first kappa shape index (κ1) is 11.0. The highest BCUT2D eigenvalue weighted by molar-refractivity contribution is 5.85. The lowest BCUT2D eigenvalue weighted by molar-refractivity contribution is -0.149. The van der Waals surface area contributed by atoms with E-state index in [2.05, 4.69) is 5.32 Å². The Labute approximate surface area is 83.4 Å². The average molecular weight is 200 g/mol. The normalized spacial score (nSPS) is 19.9. The van der Waals surface area contributed by atoms with Crippen LogP contribution in [0.5, 0.6) is 0 Å². The van der Waals surface area contributed by atoms with E-state index in [1.54, 1.807) is 6.92 Å². The number of carbonyl (C=O) groups is 2. The second kappa shape index (κ2) is 3.96. The quantitative estimate of drug-likeness (QED) is 0.636. The maximum Gasteiger partial charge on any atom is 0.325 e. The third kappa shape index (κ3) is 2.23. The standard InChI is InChI=1S/C9H16N2O3/c1-4-14-8(13)6-11-7(12)5-10-9(11,2)3/h10H,4-6H2,1-3H3.